The van der Waals surface area contributed by atoms with E-state index < -0.39 is 0 Å². The van der Waals surface area contributed by atoms with Crippen LogP contribution < -0.4 is 4.74 Å². The molecule has 0 fully saturated rings. The summed E-state index contributed by atoms with van der Waals surface area (Å²) >= 11 is 0. The van der Waals surface area contributed by atoms with Crippen molar-refractivity contribution < 1.29 is 9.53 Å². The number of carbonyl (C=O) groups is 1. The maximum atomic E-state index is 11.5. The summed E-state index contributed by atoms with van der Waals surface area (Å²) in [5.41, 5.74) is 7.07. The lowest BCUT2D eigenvalue weighted by Gasteiger charge is -2.21. The Bertz CT molecular complexity index is 1270. The molecule has 0 N–H and O–H groups in total. The fourth-order valence-electron chi connectivity index (χ4n) is 4.78. The lowest BCUT2D eigenvalue weighted by atomic mass is 9.86. The molecule has 1 aliphatic carbocycles. The van der Waals surface area contributed by atoms with Crippen molar-refractivity contribution in [3.8, 4) is 5.75 Å². The van der Waals surface area contributed by atoms with Crippen LogP contribution >= 0.6 is 0 Å². The van der Waals surface area contributed by atoms with E-state index in [1.807, 2.05) is 41.3 Å². The largest absolute Gasteiger partial charge is 0.426 e. The first kappa shape index (κ1) is 21.8. The average Bonchev–Trinajstić information content (AvgIpc) is 3.32. The van der Waals surface area contributed by atoms with E-state index in [-0.39, 0.29) is 11.9 Å². The average molecular weight is 450 g/mol. The molecule has 1 unspecified atom stereocenters. The molecule has 0 bridgehead atoms. The van der Waals surface area contributed by atoms with Gasteiger partial charge in [-0.05, 0) is 53.7 Å². The highest BCUT2D eigenvalue weighted by Gasteiger charge is 2.20. The van der Waals surface area contributed by atoms with E-state index in [0.29, 0.717) is 12.3 Å². The van der Waals surface area contributed by atoms with Crippen LogP contribution in [-0.4, -0.2) is 20.7 Å². The quantitative estimate of drug-likeness (QED) is 0.276. The van der Waals surface area contributed by atoms with Gasteiger partial charge in [0, 0.05) is 42.6 Å². The maximum absolute atomic E-state index is 11.5. The van der Waals surface area contributed by atoms with E-state index in [4.69, 9.17) is 4.74 Å². The molecule has 0 saturated heterocycles. The molecule has 0 saturated carbocycles. The maximum Gasteiger partial charge on any atom is 0.308 e. The molecule has 170 valence electrons. The van der Waals surface area contributed by atoms with E-state index in [1.165, 1.54) is 23.6 Å². The van der Waals surface area contributed by atoms with Gasteiger partial charge in [0.2, 0.25) is 0 Å². The van der Waals surface area contributed by atoms with Crippen molar-refractivity contribution in [2.75, 3.05) is 0 Å². The molecule has 0 radical (unpaired) electrons. The summed E-state index contributed by atoms with van der Waals surface area (Å²) in [7, 11) is 0. The number of benzene rings is 2. The van der Waals surface area contributed by atoms with Gasteiger partial charge in [-0.2, -0.15) is 5.10 Å². The molecule has 0 amide bonds. The zero-order valence-electron chi connectivity index (χ0n) is 19.2. The Kier molecular flexibility index (Phi) is 6.34. The molecule has 1 aliphatic rings. The Morgan fingerprint density at radius 1 is 1.00 bits per heavy atom. The van der Waals surface area contributed by atoms with Crippen LogP contribution in [0, 0.1) is 0 Å². The summed E-state index contributed by atoms with van der Waals surface area (Å²) in [5, 5.41) is 4.67. The molecular weight excluding hydrogens is 422 g/mol. The summed E-state index contributed by atoms with van der Waals surface area (Å²) in [4.78, 5) is 15.8. The van der Waals surface area contributed by atoms with Gasteiger partial charge in [0.25, 0.3) is 0 Å². The van der Waals surface area contributed by atoms with Crippen LogP contribution in [0.25, 0.3) is 5.57 Å². The minimum absolute atomic E-state index is 0.0815. The monoisotopic (exact) mass is 449 g/mol. The summed E-state index contributed by atoms with van der Waals surface area (Å²) in [6.07, 6.45) is 13.0. The summed E-state index contributed by atoms with van der Waals surface area (Å²) < 4.78 is 7.43. The van der Waals surface area contributed by atoms with Crippen molar-refractivity contribution in [2.24, 2.45) is 0 Å². The molecule has 0 aliphatic heterocycles. The number of hydrogen-bond donors (Lipinski definition) is 0. The van der Waals surface area contributed by atoms with Gasteiger partial charge in [0.05, 0.1) is 12.7 Å². The number of carbonyl (C=O) groups excluding carboxylic acids is 1. The molecule has 2 aromatic heterocycles. The first-order chi connectivity index (χ1) is 16.7. The molecule has 2 heterocycles. The highest BCUT2D eigenvalue weighted by atomic mass is 16.5. The lowest BCUT2D eigenvalue weighted by Crippen LogP contribution is -2.09. The van der Waals surface area contributed by atoms with Crippen molar-refractivity contribution in [3.63, 3.8) is 0 Å². The van der Waals surface area contributed by atoms with Crippen LogP contribution in [-0.2, 0) is 17.8 Å². The third-order valence-corrected chi connectivity index (χ3v) is 6.27. The fraction of sp³-hybridized carbons (Fsp3) is 0.207. The van der Waals surface area contributed by atoms with E-state index >= 15 is 0 Å². The van der Waals surface area contributed by atoms with Crippen LogP contribution in [0.2, 0.25) is 0 Å². The van der Waals surface area contributed by atoms with Gasteiger partial charge in [-0.25, -0.2) is 0 Å². The highest BCUT2D eigenvalue weighted by molar-refractivity contribution is 5.75. The van der Waals surface area contributed by atoms with Crippen molar-refractivity contribution >= 4 is 11.5 Å². The van der Waals surface area contributed by atoms with E-state index in [2.05, 4.69) is 58.8 Å². The first-order valence-corrected chi connectivity index (χ1v) is 11.7. The second-order valence-corrected chi connectivity index (χ2v) is 8.58. The van der Waals surface area contributed by atoms with Gasteiger partial charge >= 0.3 is 5.97 Å². The number of nitrogens with zero attached hydrogens (tertiary/aromatic N) is 3. The smallest absolute Gasteiger partial charge is 0.308 e. The van der Waals surface area contributed by atoms with Crippen LogP contribution in [0.3, 0.4) is 0 Å². The summed E-state index contributed by atoms with van der Waals surface area (Å²) in [6, 6.07) is 20.5. The number of fused-ring (bicyclic) bond motifs is 1. The summed E-state index contributed by atoms with van der Waals surface area (Å²) in [6.45, 7) is 2.13. The fourth-order valence-corrected chi connectivity index (χ4v) is 4.78. The normalized spacial score (nSPS) is 15.0. The minimum Gasteiger partial charge on any atom is -0.426 e. The topological polar surface area (TPSA) is 57.0 Å². The molecule has 0 spiro atoms. The number of rotatable bonds is 6. The van der Waals surface area contributed by atoms with Gasteiger partial charge < -0.3 is 4.74 Å². The lowest BCUT2D eigenvalue weighted by molar-refractivity contribution is -0.131. The highest BCUT2D eigenvalue weighted by Crippen LogP contribution is 2.36. The third-order valence-electron chi connectivity index (χ3n) is 6.27. The predicted molar refractivity (Wildman–Crippen MR) is 133 cm³/mol. The van der Waals surface area contributed by atoms with Crippen LogP contribution in [0.15, 0.2) is 91.5 Å². The molecule has 5 heteroatoms. The number of esters is 1. The third kappa shape index (κ3) is 4.69. The molecule has 5 rings (SSSR count). The first-order valence-electron chi connectivity index (χ1n) is 11.7. The second kappa shape index (κ2) is 9.87. The second-order valence-electron chi connectivity index (χ2n) is 8.58. The molecule has 2 aromatic carbocycles. The SMILES string of the molecule is CC(=O)Oc1cccc2c1CCCC2=CCn1cc(C(c2ccccc2)c2cccnc2)cn1. The van der Waals surface area contributed by atoms with Crippen molar-refractivity contribution in [3.05, 3.63) is 119 Å². The van der Waals surface area contributed by atoms with Gasteiger partial charge in [0.15, 0.2) is 0 Å². The number of ether oxygens (including phenoxy) is 1. The Morgan fingerprint density at radius 3 is 2.65 bits per heavy atom. The molecule has 34 heavy (non-hydrogen) atoms. The predicted octanol–water partition coefficient (Wildman–Crippen LogP) is 5.80. The Hall–Kier alpha value is -3.99. The number of allylic oxidation sites excluding steroid dienone is 2. The van der Waals surface area contributed by atoms with E-state index in [9.17, 15) is 4.79 Å². The van der Waals surface area contributed by atoms with Crippen molar-refractivity contribution in [1.29, 1.82) is 0 Å². The van der Waals surface area contributed by atoms with Gasteiger partial charge in [-0.1, -0.05) is 54.6 Å². The zero-order valence-corrected chi connectivity index (χ0v) is 19.2. The van der Waals surface area contributed by atoms with Crippen molar-refractivity contribution in [2.45, 2.75) is 38.6 Å². The standard InChI is InChI=1S/C29H27N3O2/c1-21(33)34-28-14-6-12-26-22(10-5-13-27(26)28)15-17-32-20-25(19-31-32)29(23-8-3-2-4-9-23)24-11-7-16-30-18-24/h2-4,6-9,11-12,14-16,18-20,29H,5,10,13,17H2,1H3. The van der Waals surface area contributed by atoms with Gasteiger partial charge in [-0.3, -0.25) is 14.5 Å². The number of aromatic nitrogens is 3. The van der Waals surface area contributed by atoms with Gasteiger partial charge in [-0.15, -0.1) is 0 Å². The van der Waals surface area contributed by atoms with Crippen LogP contribution in [0.1, 0.15) is 53.5 Å². The van der Waals surface area contributed by atoms with Crippen LogP contribution in [0.4, 0.5) is 0 Å². The zero-order chi connectivity index (χ0) is 23.3. The molecule has 5 nitrogen and oxygen atoms in total. The molecule has 4 aromatic rings. The molecule has 1 atom stereocenters. The van der Waals surface area contributed by atoms with Gasteiger partial charge in [0.1, 0.15) is 5.75 Å². The summed E-state index contributed by atoms with van der Waals surface area (Å²) in [5.74, 6) is 0.479. The Labute approximate surface area is 199 Å². The Balaban J connectivity index is 1.42. The minimum atomic E-state index is -0.282. The van der Waals surface area contributed by atoms with Crippen LogP contribution in [0.5, 0.6) is 5.75 Å². The molecular formula is C29H27N3O2. The number of pyridine rings is 1. The Morgan fingerprint density at radius 2 is 1.85 bits per heavy atom. The van der Waals surface area contributed by atoms with E-state index in [0.717, 1.165) is 36.0 Å². The number of hydrogen-bond acceptors (Lipinski definition) is 4. The van der Waals surface area contributed by atoms with E-state index in [1.54, 1.807) is 6.20 Å². The van der Waals surface area contributed by atoms with Crippen molar-refractivity contribution in [1.82, 2.24) is 14.8 Å².